The number of hydrogen-bond acceptors (Lipinski definition) is 6. The van der Waals surface area contributed by atoms with Crippen molar-refractivity contribution in [3.63, 3.8) is 0 Å². The quantitative estimate of drug-likeness (QED) is 0.570. The highest BCUT2D eigenvalue weighted by molar-refractivity contribution is 6.01. The molecule has 1 N–H and O–H groups in total. The van der Waals surface area contributed by atoms with Crippen LogP contribution in [0.3, 0.4) is 0 Å². The summed E-state index contributed by atoms with van der Waals surface area (Å²) >= 11 is 0. The summed E-state index contributed by atoms with van der Waals surface area (Å²) < 4.78 is 20.1. The summed E-state index contributed by atoms with van der Waals surface area (Å²) in [7, 11) is 0. The largest absolute Gasteiger partial charge is 0.490 e. The van der Waals surface area contributed by atoms with E-state index in [9.17, 15) is 14.0 Å². The number of nitrogens with zero attached hydrogens (tertiary/aromatic N) is 4. The number of ether oxygens (including phenoxy) is 1. The fourth-order valence-electron chi connectivity index (χ4n) is 4.68. The normalized spacial score (nSPS) is 18.1. The molecule has 5 rings (SSSR count). The van der Waals surface area contributed by atoms with Gasteiger partial charge in [-0.05, 0) is 61.5 Å². The molecule has 0 saturated carbocycles. The lowest BCUT2D eigenvalue weighted by molar-refractivity contribution is -0.121. The first-order valence-electron chi connectivity index (χ1n) is 12.2. The van der Waals surface area contributed by atoms with E-state index in [1.54, 1.807) is 40.3 Å². The minimum absolute atomic E-state index is 0.0129. The lowest BCUT2D eigenvalue weighted by atomic mass is 10.1. The zero-order valence-electron chi connectivity index (χ0n) is 19.8. The molecule has 9 heteroatoms. The van der Waals surface area contributed by atoms with Gasteiger partial charge in [0.25, 0.3) is 5.91 Å². The van der Waals surface area contributed by atoms with Gasteiger partial charge < -0.3 is 15.0 Å². The van der Waals surface area contributed by atoms with Gasteiger partial charge in [0.1, 0.15) is 17.7 Å². The van der Waals surface area contributed by atoms with Gasteiger partial charge in [0.2, 0.25) is 5.91 Å². The molecule has 8 nitrogen and oxygen atoms in total. The first-order valence-corrected chi connectivity index (χ1v) is 12.2. The number of anilines is 2. The lowest BCUT2D eigenvalue weighted by Gasteiger charge is -2.32. The van der Waals surface area contributed by atoms with Gasteiger partial charge >= 0.3 is 0 Å². The highest BCUT2D eigenvalue weighted by Crippen LogP contribution is 2.29. The van der Waals surface area contributed by atoms with Crippen LogP contribution in [0.1, 0.15) is 29.6 Å². The Kier molecular flexibility index (Phi) is 7.18. The second-order valence-corrected chi connectivity index (χ2v) is 9.03. The molecule has 2 aliphatic rings. The molecular weight excluding hydrogens is 461 g/mol. The molecule has 0 aliphatic carbocycles. The van der Waals surface area contributed by atoms with Crippen molar-refractivity contribution in [3.8, 4) is 5.75 Å². The van der Waals surface area contributed by atoms with Crippen molar-refractivity contribution in [2.75, 3.05) is 31.1 Å². The average molecular weight is 490 g/mol. The molecule has 2 fully saturated rings. The van der Waals surface area contributed by atoms with Crippen LogP contribution < -0.4 is 15.0 Å². The molecule has 1 atom stereocenters. The van der Waals surface area contributed by atoms with Crippen LogP contribution in [0.4, 0.5) is 15.9 Å². The summed E-state index contributed by atoms with van der Waals surface area (Å²) in [6, 6.07) is 17.0. The van der Waals surface area contributed by atoms with E-state index in [1.165, 1.54) is 12.1 Å². The number of nitrogens with one attached hydrogen (secondary N) is 1. The highest BCUT2D eigenvalue weighted by atomic mass is 19.1. The molecule has 2 aliphatic heterocycles. The SMILES string of the molecule is O=C(c1ccccc1F)N1CCC(Oc2ccc(N(C(=O)[C@H]3CCNC3)c3cccnn3)cc2)CC1. The van der Waals surface area contributed by atoms with Gasteiger partial charge in [-0.3, -0.25) is 14.5 Å². The molecule has 0 spiro atoms. The Bertz CT molecular complexity index is 1190. The molecule has 36 heavy (non-hydrogen) atoms. The van der Waals surface area contributed by atoms with Crippen LogP contribution in [0, 0.1) is 11.7 Å². The first kappa shape index (κ1) is 23.9. The summed E-state index contributed by atoms with van der Waals surface area (Å²) in [4.78, 5) is 29.2. The van der Waals surface area contributed by atoms with Crippen LogP contribution in [0.5, 0.6) is 5.75 Å². The fourth-order valence-corrected chi connectivity index (χ4v) is 4.68. The van der Waals surface area contributed by atoms with Gasteiger partial charge in [0.05, 0.1) is 17.2 Å². The number of halogens is 1. The number of amides is 2. The van der Waals surface area contributed by atoms with Crippen molar-refractivity contribution in [1.82, 2.24) is 20.4 Å². The Morgan fingerprint density at radius 3 is 2.44 bits per heavy atom. The Hall–Kier alpha value is -3.85. The van der Waals surface area contributed by atoms with Crippen molar-refractivity contribution in [1.29, 1.82) is 0 Å². The minimum Gasteiger partial charge on any atom is -0.490 e. The monoisotopic (exact) mass is 489 g/mol. The molecule has 0 radical (unpaired) electrons. The predicted octanol–water partition coefficient (Wildman–Crippen LogP) is 3.57. The van der Waals surface area contributed by atoms with Crippen molar-refractivity contribution < 1.29 is 18.7 Å². The van der Waals surface area contributed by atoms with Crippen LogP contribution >= 0.6 is 0 Å². The van der Waals surface area contributed by atoms with Gasteiger partial charge in [0.15, 0.2) is 5.82 Å². The molecule has 3 heterocycles. The zero-order chi connectivity index (χ0) is 24.9. The topological polar surface area (TPSA) is 87.7 Å². The zero-order valence-corrected chi connectivity index (χ0v) is 19.8. The summed E-state index contributed by atoms with van der Waals surface area (Å²) in [5.74, 6) is 0.254. The number of carbonyl (C=O) groups excluding carboxylic acids is 2. The Morgan fingerprint density at radius 2 is 1.78 bits per heavy atom. The van der Waals surface area contributed by atoms with E-state index in [2.05, 4.69) is 15.5 Å². The van der Waals surface area contributed by atoms with E-state index in [0.717, 1.165) is 13.0 Å². The maximum absolute atomic E-state index is 14.0. The van der Waals surface area contributed by atoms with E-state index < -0.39 is 5.82 Å². The summed E-state index contributed by atoms with van der Waals surface area (Å²) in [6.07, 6.45) is 3.62. The van der Waals surface area contributed by atoms with Crippen molar-refractivity contribution in [2.24, 2.45) is 5.92 Å². The Balaban J connectivity index is 1.23. The van der Waals surface area contributed by atoms with Gasteiger partial charge in [-0.25, -0.2) is 4.39 Å². The average Bonchev–Trinajstić information content (AvgIpc) is 3.46. The van der Waals surface area contributed by atoms with E-state index >= 15 is 0 Å². The maximum atomic E-state index is 14.0. The molecule has 1 aromatic heterocycles. The van der Waals surface area contributed by atoms with E-state index in [1.807, 2.05) is 24.3 Å². The van der Waals surface area contributed by atoms with Crippen LogP contribution in [0.25, 0.3) is 0 Å². The van der Waals surface area contributed by atoms with Crippen LogP contribution in [0.2, 0.25) is 0 Å². The smallest absolute Gasteiger partial charge is 0.256 e. The van der Waals surface area contributed by atoms with Gasteiger partial charge in [-0.2, -0.15) is 5.10 Å². The number of hydrogen-bond donors (Lipinski definition) is 1. The summed E-state index contributed by atoms with van der Waals surface area (Å²) in [5, 5.41) is 11.3. The minimum atomic E-state index is -0.501. The summed E-state index contributed by atoms with van der Waals surface area (Å²) in [6.45, 7) is 2.47. The Labute approximate surface area is 209 Å². The van der Waals surface area contributed by atoms with Gasteiger partial charge in [-0.1, -0.05) is 12.1 Å². The van der Waals surface area contributed by atoms with Crippen molar-refractivity contribution in [2.45, 2.75) is 25.4 Å². The number of likely N-dealkylation sites (tertiary alicyclic amines) is 1. The van der Waals surface area contributed by atoms with E-state index in [0.29, 0.717) is 49.7 Å². The fraction of sp³-hybridized carbons (Fsp3) is 0.333. The van der Waals surface area contributed by atoms with Gasteiger partial charge in [0, 0.05) is 38.7 Å². The second kappa shape index (κ2) is 10.8. The number of aromatic nitrogens is 2. The van der Waals surface area contributed by atoms with Crippen LogP contribution in [-0.4, -0.2) is 59.2 Å². The number of carbonyl (C=O) groups is 2. The molecule has 186 valence electrons. The number of piperidine rings is 1. The van der Waals surface area contributed by atoms with Gasteiger partial charge in [-0.15, -0.1) is 5.10 Å². The van der Waals surface area contributed by atoms with E-state index in [-0.39, 0.29) is 29.4 Å². The van der Waals surface area contributed by atoms with Crippen LogP contribution in [-0.2, 0) is 4.79 Å². The second-order valence-electron chi connectivity index (χ2n) is 9.03. The third-order valence-electron chi connectivity index (χ3n) is 6.65. The number of benzene rings is 2. The Morgan fingerprint density at radius 1 is 1.00 bits per heavy atom. The third-order valence-corrected chi connectivity index (χ3v) is 6.65. The summed E-state index contributed by atoms with van der Waals surface area (Å²) in [5.41, 5.74) is 0.799. The molecule has 2 amide bonds. The highest BCUT2D eigenvalue weighted by Gasteiger charge is 2.30. The van der Waals surface area contributed by atoms with Crippen molar-refractivity contribution >= 4 is 23.3 Å². The number of rotatable bonds is 6. The standard InChI is InChI=1S/C27H28FN5O3/c28-24-5-2-1-4-23(24)27(35)32-16-12-22(13-17-32)36-21-9-7-20(8-10-21)33(25-6-3-14-30-31-25)26(34)19-11-15-29-18-19/h1-10,14,19,22,29H,11-13,15-18H2/t19-/m0/s1. The molecule has 2 saturated heterocycles. The third kappa shape index (κ3) is 5.21. The molecule has 0 bridgehead atoms. The maximum Gasteiger partial charge on any atom is 0.256 e. The van der Waals surface area contributed by atoms with Crippen LogP contribution in [0.15, 0.2) is 66.9 Å². The first-order chi connectivity index (χ1) is 17.6. The van der Waals surface area contributed by atoms with Crippen molar-refractivity contribution in [3.05, 3.63) is 78.2 Å². The lowest BCUT2D eigenvalue weighted by Crippen LogP contribution is -2.42. The molecular formula is C27H28FN5O3. The molecule has 3 aromatic rings. The molecule has 0 unspecified atom stereocenters. The molecule has 2 aromatic carbocycles. The predicted molar refractivity (Wildman–Crippen MR) is 133 cm³/mol. The van der Waals surface area contributed by atoms with E-state index in [4.69, 9.17) is 4.74 Å².